The van der Waals surface area contributed by atoms with Crippen LogP contribution in [0.1, 0.15) is 42.5 Å². The SMILES string of the molecule is CC(C)c1nc(CO)n(C)c1Cc1cc(Cl)cc(Cl)c1. The smallest absolute Gasteiger partial charge is 0.134 e. The number of hydrogen-bond acceptors (Lipinski definition) is 2. The van der Waals surface area contributed by atoms with E-state index in [0.717, 1.165) is 17.0 Å². The molecular weight excluding hydrogens is 295 g/mol. The molecule has 0 bridgehead atoms. The van der Waals surface area contributed by atoms with Gasteiger partial charge in [0.2, 0.25) is 0 Å². The molecule has 2 rings (SSSR count). The van der Waals surface area contributed by atoms with Gasteiger partial charge in [0.1, 0.15) is 12.4 Å². The average molecular weight is 313 g/mol. The lowest BCUT2D eigenvalue weighted by molar-refractivity contribution is 0.267. The van der Waals surface area contributed by atoms with Gasteiger partial charge < -0.3 is 9.67 Å². The highest BCUT2D eigenvalue weighted by molar-refractivity contribution is 6.34. The molecule has 0 amide bonds. The topological polar surface area (TPSA) is 38.1 Å². The molecule has 0 atom stereocenters. The number of benzene rings is 1. The summed E-state index contributed by atoms with van der Waals surface area (Å²) in [6.07, 6.45) is 0.692. The zero-order valence-corrected chi connectivity index (χ0v) is 13.3. The third-order valence-electron chi connectivity index (χ3n) is 3.32. The van der Waals surface area contributed by atoms with Crippen molar-refractivity contribution in [3.63, 3.8) is 0 Å². The lowest BCUT2D eigenvalue weighted by Crippen LogP contribution is -2.04. The first kappa shape index (κ1) is 15.4. The number of halogens is 2. The van der Waals surface area contributed by atoms with Crippen molar-refractivity contribution < 1.29 is 5.11 Å². The molecule has 1 aromatic carbocycles. The van der Waals surface area contributed by atoms with E-state index in [2.05, 4.69) is 18.8 Å². The van der Waals surface area contributed by atoms with Gasteiger partial charge in [0, 0.05) is 29.2 Å². The highest BCUT2D eigenvalue weighted by Gasteiger charge is 2.17. The first-order valence-corrected chi connectivity index (χ1v) is 7.28. The Labute approximate surface area is 129 Å². The van der Waals surface area contributed by atoms with Crippen LogP contribution >= 0.6 is 23.2 Å². The average Bonchev–Trinajstić information content (AvgIpc) is 2.65. The van der Waals surface area contributed by atoms with E-state index in [0.29, 0.717) is 28.2 Å². The second kappa shape index (κ2) is 6.17. The van der Waals surface area contributed by atoms with Crippen LogP contribution in [0.2, 0.25) is 10.0 Å². The molecule has 0 aliphatic carbocycles. The largest absolute Gasteiger partial charge is 0.388 e. The molecule has 0 saturated carbocycles. The summed E-state index contributed by atoms with van der Waals surface area (Å²) in [7, 11) is 1.92. The number of aliphatic hydroxyl groups excluding tert-OH is 1. The van der Waals surface area contributed by atoms with E-state index in [-0.39, 0.29) is 6.61 Å². The van der Waals surface area contributed by atoms with Crippen LogP contribution in [-0.4, -0.2) is 14.7 Å². The Morgan fingerprint density at radius 2 is 1.80 bits per heavy atom. The molecule has 20 heavy (non-hydrogen) atoms. The lowest BCUT2D eigenvalue weighted by Gasteiger charge is -2.10. The fourth-order valence-electron chi connectivity index (χ4n) is 2.33. The Morgan fingerprint density at radius 1 is 1.20 bits per heavy atom. The van der Waals surface area contributed by atoms with Crippen molar-refractivity contribution in [3.05, 3.63) is 51.0 Å². The van der Waals surface area contributed by atoms with Crippen molar-refractivity contribution in [1.82, 2.24) is 9.55 Å². The first-order chi connectivity index (χ1) is 9.42. The highest BCUT2D eigenvalue weighted by Crippen LogP contribution is 2.25. The molecule has 108 valence electrons. The molecule has 1 N–H and O–H groups in total. The van der Waals surface area contributed by atoms with Gasteiger partial charge in [-0.3, -0.25) is 0 Å². The molecule has 1 aromatic heterocycles. The van der Waals surface area contributed by atoms with E-state index in [1.807, 2.05) is 23.7 Å². The third kappa shape index (κ3) is 3.17. The van der Waals surface area contributed by atoms with Crippen molar-refractivity contribution in [1.29, 1.82) is 0 Å². The minimum atomic E-state index is -0.0630. The van der Waals surface area contributed by atoms with E-state index in [1.165, 1.54) is 0 Å². The Hall–Kier alpha value is -1.03. The standard InChI is InChI=1S/C15H18Cl2N2O/c1-9(2)15-13(19(3)14(8-20)18-15)6-10-4-11(16)7-12(17)5-10/h4-5,7,9,20H,6,8H2,1-3H3. The summed E-state index contributed by atoms with van der Waals surface area (Å²) in [6.45, 7) is 4.13. The number of hydrogen-bond donors (Lipinski definition) is 1. The Balaban J connectivity index is 2.44. The van der Waals surface area contributed by atoms with E-state index in [4.69, 9.17) is 23.2 Å². The Bertz CT molecular complexity index is 600. The van der Waals surface area contributed by atoms with Crippen LogP contribution in [0.3, 0.4) is 0 Å². The third-order valence-corrected chi connectivity index (χ3v) is 3.76. The molecule has 0 unspecified atom stereocenters. The Morgan fingerprint density at radius 3 is 2.30 bits per heavy atom. The number of aromatic nitrogens is 2. The maximum atomic E-state index is 9.37. The zero-order chi connectivity index (χ0) is 14.9. The molecule has 3 nitrogen and oxygen atoms in total. The van der Waals surface area contributed by atoms with Crippen molar-refractivity contribution in [2.75, 3.05) is 0 Å². The highest BCUT2D eigenvalue weighted by atomic mass is 35.5. The number of nitrogens with zero attached hydrogens (tertiary/aromatic N) is 2. The molecule has 5 heteroatoms. The van der Waals surface area contributed by atoms with Crippen LogP contribution in [0, 0.1) is 0 Å². The zero-order valence-electron chi connectivity index (χ0n) is 11.8. The van der Waals surface area contributed by atoms with Crippen molar-refractivity contribution >= 4 is 23.2 Å². The number of imidazole rings is 1. The molecule has 0 aliphatic heterocycles. The van der Waals surface area contributed by atoms with Crippen molar-refractivity contribution in [2.45, 2.75) is 32.8 Å². The summed E-state index contributed by atoms with van der Waals surface area (Å²) in [4.78, 5) is 4.52. The molecule has 0 spiro atoms. The van der Waals surface area contributed by atoms with Gasteiger partial charge in [-0.15, -0.1) is 0 Å². The normalized spacial score (nSPS) is 11.3. The van der Waals surface area contributed by atoms with Gasteiger partial charge in [-0.2, -0.15) is 0 Å². The molecule has 0 fully saturated rings. The lowest BCUT2D eigenvalue weighted by atomic mass is 10.0. The molecule has 0 saturated heterocycles. The van der Waals surface area contributed by atoms with Gasteiger partial charge in [0.15, 0.2) is 0 Å². The maximum Gasteiger partial charge on any atom is 0.134 e. The molecule has 0 aliphatic rings. The second-order valence-electron chi connectivity index (χ2n) is 5.19. The van der Waals surface area contributed by atoms with Gasteiger partial charge in [-0.1, -0.05) is 37.0 Å². The number of rotatable bonds is 4. The van der Waals surface area contributed by atoms with E-state index >= 15 is 0 Å². The summed E-state index contributed by atoms with van der Waals surface area (Å²) in [5, 5.41) is 10.6. The minimum Gasteiger partial charge on any atom is -0.388 e. The maximum absolute atomic E-state index is 9.37. The molecule has 0 radical (unpaired) electrons. The van der Waals surface area contributed by atoms with Crippen molar-refractivity contribution in [2.24, 2.45) is 7.05 Å². The van der Waals surface area contributed by atoms with Crippen LogP contribution < -0.4 is 0 Å². The van der Waals surface area contributed by atoms with Crippen LogP contribution in [0.5, 0.6) is 0 Å². The van der Waals surface area contributed by atoms with Crippen LogP contribution in [0.4, 0.5) is 0 Å². The quantitative estimate of drug-likeness (QED) is 0.928. The minimum absolute atomic E-state index is 0.0630. The van der Waals surface area contributed by atoms with Gasteiger partial charge in [-0.25, -0.2) is 4.98 Å². The fourth-order valence-corrected chi connectivity index (χ4v) is 2.90. The second-order valence-corrected chi connectivity index (χ2v) is 6.06. The van der Waals surface area contributed by atoms with E-state index in [1.54, 1.807) is 6.07 Å². The van der Waals surface area contributed by atoms with Crippen molar-refractivity contribution in [3.8, 4) is 0 Å². The monoisotopic (exact) mass is 312 g/mol. The molecular formula is C15H18Cl2N2O. The van der Waals surface area contributed by atoms with E-state index < -0.39 is 0 Å². The Kier molecular flexibility index (Phi) is 4.74. The summed E-state index contributed by atoms with van der Waals surface area (Å²) in [6, 6.07) is 5.53. The fraction of sp³-hybridized carbons (Fsp3) is 0.400. The summed E-state index contributed by atoms with van der Waals surface area (Å²) >= 11 is 12.1. The van der Waals surface area contributed by atoms with Gasteiger partial charge >= 0.3 is 0 Å². The predicted octanol–water partition coefficient (Wildman–Crippen LogP) is 3.93. The summed E-state index contributed by atoms with van der Waals surface area (Å²) in [5.41, 5.74) is 3.13. The van der Waals surface area contributed by atoms with Crippen LogP contribution in [0.15, 0.2) is 18.2 Å². The first-order valence-electron chi connectivity index (χ1n) is 6.52. The molecule has 2 aromatic rings. The van der Waals surface area contributed by atoms with E-state index in [9.17, 15) is 5.11 Å². The van der Waals surface area contributed by atoms with Crippen LogP contribution in [-0.2, 0) is 20.1 Å². The number of aliphatic hydroxyl groups is 1. The molecule has 1 heterocycles. The summed E-state index contributed by atoms with van der Waals surface area (Å²) in [5.74, 6) is 0.975. The summed E-state index contributed by atoms with van der Waals surface area (Å²) < 4.78 is 1.95. The van der Waals surface area contributed by atoms with Gasteiger partial charge in [-0.05, 0) is 29.7 Å². The van der Waals surface area contributed by atoms with Gasteiger partial charge in [0.25, 0.3) is 0 Å². The van der Waals surface area contributed by atoms with Gasteiger partial charge in [0.05, 0.1) is 5.69 Å². The van der Waals surface area contributed by atoms with Crippen LogP contribution in [0.25, 0.3) is 0 Å². The predicted molar refractivity (Wildman–Crippen MR) is 82.5 cm³/mol.